The van der Waals surface area contributed by atoms with Crippen LogP contribution in [-0.4, -0.2) is 18.8 Å². The molecule has 0 aliphatic carbocycles. The SMILES string of the molecule is CCOC(=O)C(C)(C)/C=C/[C@@H](C)C(F)(F)F. The monoisotopic (exact) mass is 238 g/mol. The molecule has 0 aromatic heterocycles. The molecule has 0 rings (SSSR count). The molecule has 94 valence electrons. The van der Waals surface area contributed by atoms with Gasteiger partial charge in [-0.2, -0.15) is 13.2 Å². The summed E-state index contributed by atoms with van der Waals surface area (Å²) in [6.07, 6.45) is -2.05. The third kappa shape index (κ3) is 4.68. The van der Waals surface area contributed by atoms with Gasteiger partial charge in [0.05, 0.1) is 17.9 Å². The molecular formula is C11H17F3O2. The first kappa shape index (κ1) is 15.0. The predicted molar refractivity (Wildman–Crippen MR) is 54.8 cm³/mol. The van der Waals surface area contributed by atoms with Crippen LogP contribution in [0.1, 0.15) is 27.7 Å². The summed E-state index contributed by atoms with van der Waals surface area (Å²) in [5.41, 5.74) is -1.03. The Hall–Kier alpha value is -1.00. The van der Waals surface area contributed by atoms with Crippen molar-refractivity contribution in [2.24, 2.45) is 11.3 Å². The molecule has 2 nitrogen and oxygen atoms in total. The van der Waals surface area contributed by atoms with Crippen molar-refractivity contribution in [1.29, 1.82) is 0 Å². The van der Waals surface area contributed by atoms with Gasteiger partial charge in [0.2, 0.25) is 0 Å². The molecule has 0 heterocycles. The van der Waals surface area contributed by atoms with Crippen molar-refractivity contribution in [2.75, 3.05) is 6.61 Å². The summed E-state index contributed by atoms with van der Waals surface area (Å²) < 4.78 is 41.4. The van der Waals surface area contributed by atoms with E-state index in [4.69, 9.17) is 4.74 Å². The first-order chi connectivity index (χ1) is 7.11. The lowest BCUT2D eigenvalue weighted by atomic mass is 9.91. The van der Waals surface area contributed by atoms with Gasteiger partial charge in [-0.15, -0.1) is 0 Å². The minimum Gasteiger partial charge on any atom is -0.465 e. The molecular weight excluding hydrogens is 221 g/mol. The summed E-state index contributed by atoms with van der Waals surface area (Å²) in [6.45, 7) is 5.94. The van der Waals surface area contributed by atoms with Gasteiger partial charge in [0.15, 0.2) is 0 Å². The number of esters is 1. The van der Waals surface area contributed by atoms with Crippen LogP contribution in [0.5, 0.6) is 0 Å². The molecule has 0 amide bonds. The van der Waals surface area contributed by atoms with Crippen LogP contribution in [-0.2, 0) is 9.53 Å². The number of halogens is 3. The highest BCUT2D eigenvalue weighted by atomic mass is 19.4. The second-order valence-corrected chi connectivity index (χ2v) is 4.13. The molecule has 0 radical (unpaired) electrons. The summed E-state index contributed by atoms with van der Waals surface area (Å²) in [6, 6.07) is 0. The predicted octanol–water partition coefficient (Wildman–Crippen LogP) is 3.33. The topological polar surface area (TPSA) is 26.3 Å². The van der Waals surface area contributed by atoms with E-state index in [1.165, 1.54) is 19.9 Å². The normalized spacial score (nSPS) is 15.2. The van der Waals surface area contributed by atoms with Crippen LogP contribution >= 0.6 is 0 Å². The highest BCUT2D eigenvalue weighted by Gasteiger charge is 2.35. The quantitative estimate of drug-likeness (QED) is 0.554. The van der Waals surface area contributed by atoms with E-state index in [2.05, 4.69) is 0 Å². The van der Waals surface area contributed by atoms with Crippen LogP contribution in [0.4, 0.5) is 13.2 Å². The van der Waals surface area contributed by atoms with Gasteiger partial charge >= 0.3 is 12.1 Å². The number of hydrogen-bond donors (Lipinski definition) is 0. The van der Waals surface area contributed by atoms with Gasteiger partial charge in [-0.1, -0.05) is 19.1 Å². The maximum atomic E-state index is 12.2. The minimum absolute atomic E-state index is 0.213. The maximum Gasteiger partial charge on any atom is 0.394 e. The Labute approximate surface area is 93.5 Å². The second kappa shape index (κ2) is 5.37. The average Bonchev–Trinajstić information content (AvgIpc) is 2.13. The highest BCUT2D eigenvalue weighted by molar-refractivity contribution is 5.78. The third-order valence-corrected chi connectivity index (χ3v) is 2.12. The van der Waals surface area contributed by atoms with Crippen LogP contribution in [0.3, 0.4) is 0 Å². The zero-order valence-electron chi connectivity index (χ0n) is 9.89. The van der Waals surface area contributed by atoms with Gasteiger partial charge in [0.25, 0.3) is 0 Å². The van der Waals surface area contributed by atoms with E-state index >= 15 is 0 Å². The van der Waals surface area contributed by atoms with Crippen LogP contribution < -0.4 is 0 Å². The van der Waals surface area contributed by atoms with E-state index in [1.807, 2.05) is 0 Å². The lowest BCUT2D eigenvalue weighted by Gasteiger charge is -2.19. The summed E-state index contributed by atoms with van der Waals surface area (Å²) in [5.74, 6) is -2.10. The summed E-state index contributed by atoms with van der Waals surface area (Å²) in [4.78, 5) is 11.4. The molecule has 0 aliphatic rings. The first-order valence-electron chi connectivity index (χ1n) is 5.04. The zero-order chi connectivity index (χ0) is 13.0. The Balaban J connectivity index is 4.58. The Morgan fingerprint density at radius 3 is 2.25 bits per heavy atom. The van der Waals surface area contributed by atoms with Crippen LogP contribution in [0.15, 0.2) is 12.2 Å². The molecule has 0 saturated heterocycles. The van der Waals surface area contributed by atoms with E-state index in [0.29, 0.717) is 0 Å². The molecule has 0 unspecified atom stereocenters. The van der Waals surface area contributed by atoms with Gasteiger partial charge in [0.1, 0.15) is 0 Å². The molecule has 0 N–H and O–H groups in total. The Morgan fingerprint density at radius 1 is 1.38 bits per heavy atom. The van der Waals surface area contributed by atoms with Crippen LogP contribution in [0.25, 0.3) is 0 Å². The molecule has 5 heteroatoms. The van der Waals surface area contributed by atoms with Crippen LogP contribution in [0.2, 0.25) is 0 Å². The number of carbonyl (C=O) groups is 1. The summed E-state index contributed by atoms with van der Waals surface area (Å²) in [5, 5.41) is 0. The zero-order valence-corrected chi connectivity index (χ0v) is 9.89. The number of ether oxygens (including phenoxy) is 1. The van der Waals surface area contributed by atoms with Crippen molar-refractivity contribution in [2.45, 2.75) is 33.9 Å². The van der Waals surface area contributed by atoms with E-state index < -0.39 is 23.5 Å². The largest absolute Gasteiger partial charge is 0.465 e. The molecule has 0 aliphatic heterocycles. The molecule has 1 atom stereocenters. The number of hydrogen-bond acceptors (Lipinski definition) is 2. The smallest absolute Gasteiger partial charge is 0.394 e. The van der Waals surface area contributed by atoms with Gasteiger partial charge in [0, 0.05) is 0 Å². The lowest BCUT2D eigenvalue weighted by molar-refractivity contribution is -0.157. The number of alkyl halides is 3. The number of carbonyl (C=O) groups excluding carboxylic acids is 1. The fourth-order valence-electron chi connectivity index (χ4n) is 0.879. The van der Waals surface area contributed by atoms with Crippen molar-refractivity contribution in [3.05, 3.63) is 12.2 Å². The van der Waals surface area contributed by atoms with E-state index in [-0.39, 0.29) is 6.61 Å². The molecule has 16 heavy (non-hydrogen) atoms. The van der Waals surface area contributed by atoms with Crippen molar-refractivity contribution in [1.82, 2.24) is 0 Å². The van der Waals surface area contributed by atoms with Gasteiger partial charge < -0.3 is 4.74 Å². The van der Waals surface area contributed by atoms with Gasteiger partial charge in [-0.3, -0.25) is 4.79 Å². The molecule has 0 bridgehead atoms. The lowest BCUT2D eigenvalue weighted by Crippen LogP contribution is -2.25. The molecule has 0 aromatic carbocycles. The highest BCUT2D eigenvalue weighted by Crippen LogP contribution is 2.29. The average molecular weight is 238 g/mol. The first-order valence-corrected chi connectivity index (χ1v) is 5.04. The molecule has 0 aromatic rings. The van der Waals surface area contributed by atoms with E-state index in [1.54, 1.807) is 6.92 Å². The molecule has 0 fully saturated rings. The third-order valence-electron chi connectivity index (χ3n) is 2.12. The fourth-order valence-corrected chi connectivity index (χ4v) is 0.879. The van der Waals surface area contributed by atoms with Gasteiger partial charge in [-0.05, 0) is 20.8 Å². The van der Waals surface area contributed by atoms with Gasteiger partial charge in [-0.25, -0.2) is 0 Å². The second-order valence-electron chi connectivity index (χ2n) is 4.13. The fraction of sp³-hybridized carbons (Fsp3) is 0.727. The maximum absolute atomic E-state index is 12.2. The van der Waals surface area contributed by atoms with Crippen molar-refractivity contribution in [3.8, 4) is 0 Å². The van der Waals surface area contributed by atoms with Crippen molar-refractivity contribution >= 4 is 5.97 Å². The van der Waals surface area contributed by atoms with Crippen LogP contribution in [0, 0.1) is 11.3 Å². The Bertz CT molecular complexity index is 267. The van der Waals surface area contributed by atoms with Crippen molar-refractivity contribution in [3.63, 3.8) is 0 Å². The number of allylic oxidation sites excluding steroid dienone is 1. The summed E-state index contributed by atoms with van der Waals surface area (Å²) in [7, 11) is 0. The van der Waals surface area contributed by atoms with Crippen molar-refractivity contribution < 1.29 is 22.7 Å². The Kier molecular flexibility index (Phi) is 5.03. The Morgan fingerprint density at radius 2 is 1.88 bits per heavy atom. The van der Waals surface area contributed by atoms with E-state index in [9.17, 15) is 18.0 Å². The molecule has 0 saturated carbocycles. The van der Waals surface area contributed by atoms with E-state index in [0.717, 1.165) is 13.0 Å². The minimum atomic E-state index is -4.28. The number of rotatable bonds is 4. The standard InChI is InChI=1S/C11H17F3O2/c1-5-16-9(15)10(3,4)7-6-8(2)11(12,13)14/h6-8H,5H2,1-4H3/b7-6+/t8-/m1/s1. The summed E-state index contributed by atoms with van der Waals surface area (Å²) >= 11 is 0. The molecule has 0 spiro atoms.